The fraction of sp³-hybridized carbons (Fsp3) is 0.0870. The van der Waals surface area contributed by atoms with E-state index >= 15 is 0 Å². The van der Waals surface area contributed by atoms with Crippen LogP contribution < -0.4 is 16.0 Å². The SMILES string of the molecule is NC(=O)CN(Cc1ccccc1)c1cccc(Nc2ncnc3ccccc23)c1. The molecular weight excluding hydrogens is 362 g/mol. The Morgan fingerprint density at radius 2 is 1.72 bits per heavy atom. The summed E-state index contributed by atoms with van der Waals surface area (Å²) in [6.45, 7) is 0.721. The second-order valence-electron chi connectivity index (χ2n) is 6.72. The van der Waals surface area contributed by atoms with Crippen LogP contribution in [0.15, 0.2) is 85.2 Å². The van der Waals surface area contributed by atoms with Crippen molar-refractivity contribution in [3.8, 4) is 0 Å². The van der Waals surface area contributed by atoms with Crippen LogP contribution in [0, 0.1) is 0 Å². The Bertz CT molecular complexity index is 1120. The number of hydrogen-bond donors (Lipinski definition) is 2. The monoisotopic (exact) mass is 383 g/mol. The zero-order chi connectivity index (χ0) is 20.1. The highest BCUT2D eigenvalue weighted by Gasteiger charge is 2.12. The van der Waals surface area contributed by atoms with Gasteiger partial charge in [0.1, 0.15) is 12.1 Å². The predicted octanol–water partition coefficient (Wildman–Crippen LogP) is 3.87. The Labute approximate surface area is 169 Å². The number of nitrogens with two attached hydrogens (primary N) is 1. The van der Waals surface area contributed by atoms with E-state index in [9.17, 15) is 4.79 Å². The molecule has 144 valence electrons. The molecule has 0 saturated carbocycles. The second kappa shape index (κ2) is 8.39. The maximum Gasteiger partial charge on any atom is 0.236 e. The fourth-order valence-corrected chi connectivity index (χ4v) is 3.25. The lowest BCUT2D eigenvalue weighted by atomic mass is 10.2. The van der Waals surface area contributed by atoms with Crippen molar-refractivity contribution in [1.82, 2.24) is 9.97 Å². The molecule has 0 spiro atoms. The van der Waals surface area contributed by atoms with Crippen LogP contribution in [0.5, 0.6) is 0 Å². The zero-order valence-corrected chi connectivity index (χ0v) is 15.8. The van der Waals surface area contributed by atoms with Gasteiger partial charge in [0.25, 0.3) is 0 Å². The Morgan fingerprint density at radius 1 is 0.931 bits per heavy atom. The number of primary amides is 1. The second-order valence-corrected chi connectivity index (χ2v) is 6.72. The standard InChI is InChI=1S/C23H21N5O/c24-22(29)15-28(14-17-7-2-1-3-8-17)19-10-6-9-18(13-19)27-23-20-11-4-5-12-21(20)25-16-26-23/h1-13,16H,14-15H2,(H2,24,29)(H,25,26,27). The average Bonchev–Trinajstić information content (AvgIpc) is 2.74. The molecule has 0 bridgehead atoms. The van der Waals surface area contributed by atoms with Gasteiger partial charge in [0.2, 0.25) is 5.91 Å². The minimum atomic E-state index is -0.374. The van der Waals surface area contributed by atoms with E-state index in [1.807, 2.05) is 83.8 Å². The number of nitrogens with zero attached hydrogens (tertiary/aromatic N) is 3. The summed E-state index contributed by atoms with van der Waals surface area (Å²) in [5.74, 6) is 0.360. The van der Waals surface area contributed by atoms with E-state index in [-0.39, 0.29) is 12.5 Å². The largest absolute Gasteiger partial charge is 0.368 e. The molecule has 1 aromatic heterocycles. The number of aromatic nitrogens is 2. The average molecular weight is 383 g/mol. The first-order chi connectivity index (χ1) is 14.2. The van der Waals surface area contributed by atoms with E-state index < -0.39 is 0 Å². The number of rotatable bonds is 7. The molecule has 6 heteroatoms. The zero-order valence-electron chi connectivity index (χ0n) is 15.8. The summed E-state index contributed by atoms with van der Waals surface area (Å²) in [7, 11) is 0. The molecule has 0 saturated heterocycles. The van der Waals surface area contributed by atoms with E-state index in [1.165, 1.54) is 0 Å². The van der Waals surface area contributed by atoms with Gasteiger partial charge in [0.15, 0.2) is 0 Å². The Kier molecular flexibility index (Phi) is 5.33. The van der Waals surface area contributed by atoms with Crippen molar-refractivity contribution in [2.45, 2.75) is 6.54 Å². The Morgan fingerprint density at radius 3 is 2.55 bits per heavy atom. The number of fused-ring (bicyclic) bond motifs is 1. The number of para-hydroxylation sites is 1. The minimum absolute atomic E-state index is 0.134. The van der Waals surface area contributed by atoms with Crippen LogP contribution in [0.25, 0.3) is 10.9 Å². The van der Waals surface area contributed by atoms with Gasteiger partial charge in [-0.05, 0) is 35.9 Å². The van der Waals surface area contributed by atoms with Gasteiger partial charge in [-0.1, -0.05) is 48.5 Å². The molecule has 3 N–H and O–H groups in total. The molecule has 6 nitrogen and oxygen atoms in total. The number of benzene rings is 3. The van der Waals surface area contributed by atoms with Gasteiger partial charge < -0.3 is 16.0 Å². The fourth-order valence-electron chi connectivity index (χ4n) is 3.25. The van der Waals surface area contributed by atoms with E-state index in [1.54, 1.807) is 6.33 Å². The highest BCUT2D eigenvalue weighted by atomic mass is 16.1. The van der Waals surface area contributed by atoms with Crippen LogP contribution in [0.4, 0.5) is 17.2 Å². The van der Waals surface area contributed by atoms with Crippen LogP contribution in [0.1, 0.15) is 5.56 Å². The molecule has 4 aromatic rings. The minimum Gasteiger partial charge on any atom is -0.368 e. The molecular formula is C23H21N5O. The van der Waals surface area contributed by atoms with Crippen LogP contribution >= 0.6 is 0 Å². The smallest absolute Gasteiger partial charge is 0.236 e. The summed E-state index contributed by atoms with van der Waals surface area (Å²) < 4.78 is 0. The molecule has 0 radical (unpaired) electrons. The molecule has 29 heavy (non-hydrogen) atoms. The summed E-state index contributed by atoms with van der Waals surface area (Å²) in [6, 6.07) is 25.7. The highest BCUT2D eigenvalue weighted by Crippen LogP contribution is 2.26. The van der Waals surface area contributed by atoms with Crippen molar-refractivity contribution >= 4 is 34.0 Å². The molecule has 0 aliphatic carbocycles. The van der Waals surface area contributed by atoms with Crippen molar-refractivity contribution in [3.63, 3.8) is 0 Å². The van der Waals surface area contributed by atoms with Crippen LogP contribution in [-0.2, 0) is 11.3 Å². The third kappa shape index (κ3) is 4.50. The maximum absolute atomic E-state index is 11.6. The van der Waals surface area contributed by atoms with E-state index in [0.717, 1.165) is 33.7 Å². The normalized spacial score (nSPS) is 10.6. The first-order valence-corrected chi connectivity index (χ1v) is 9.33. The predicted molar refractivity (Wildman–Crippen MR) is 116 cm³/mol. The Balaban J connectivity index is 1.63. The van der Waals surface area contributed by atoms with E-state index in [4.69, 9.17) is 5.73 Å². The van der Waals surface area contributed by atoms with E-state index in [0.29, 0.717) is 6.54 Å². The van der Waals surface area contributed by atoms with Crippen molar-refractivity contribution in [1.29, 1.82) is 0 Å². The van der Waals surface area contributed by atoms with Gasteiger partial charge in [0, 0.05) is 23.3 Å². The molecule has 0 fully saturated rings. The third-order valence-corrected chi connectivity index (χ3v) is 4.58. The quantitative estimate of drug-likeness (QED) is 0.506. The van der Waals surface area contributed by atoms with Crippen molar-refractivity contribution < 1.29 is 4.79 Å². The molecule has 0 aliphatic heterocycles. The van der Waals surface area contributed by atoms with Crippen molar-refractivity contribution in [3.05, 3.63) is 90.8 Å². The lowest BCUT2D eigenvalue weighted by molar-refractivity contribution is -0.116. The Hall–Kier alpha value is -3.93. The first-order valence-electron chi connectivity index (χ1n) is 9.33. The number of anilines is 3. The molecule has 1 heterocycles. The number of hydrogen-bond acceptors (Lipinski definition) is 5. The maximum atomic E-state index is 11.6. The van der Waals surface area contributed by atoms with Gasteiger partial charge in [-0.3, -0.25) is 4.79 Å². The lowest BCUT2D eigenvalue weighted by Crippen LogP contribution is -2.33. The topological polar surface area (TPSA) is 84.1 Å². The van der Waals surface area contributed by atoms with Gasteiger partial charge in [0.05, 0.1) is 12.1 Å². The number of carbonyl (C=O) groups excluding carboxylic acids is 1. The van der Waals surface area contributed by atoms with Gasteiger partial charge in [-0.15, -0.1) is 0 Å². The lowest BCUT2D eigenvalue weighted by Gasteiger charge is -2.24. The molecule has 0 atom stereocenters. The van der Waals surface area contributed by atoms with Crippen molar-refractivity contribution in [2.24, 2.45) is 5.73 Å². The number of amides is 1. The summed E-state index contributed by atoms with van der Waals surface area (Å²) >= 11 is 0. The first kappa shape index (κ1) is 18.4. The highest BCUT2D eigenvalue weighted by molar-refractivity contribution is 5.90. The third-order valence-electron chi connectivity index (χ3n) is 4.58. The molecule has 3 aromatic carbocycles. The van der Waals surface area contributed by atoms with Crippen LogP contribution in [-0.4, -0.2) is 22.4 Å². The summed E-state index contributed by atoms with van der Waals surface area (Å²) in [4.78, 5) is 22.3. The summed E-state index contributed by atoms with van der Waals surface area (Å²) in [5.41, 5.74) is 9.24. The van der Waals surface area contributed by atoms with E-state index in [2.05, 4.69) is 15.3 Å². The van der Waals surface area contributed by atoms with Gasteiger partial charge >= 0.3 is 0 Å². The molecule has 0 unspecified atom stereocenters. The number of nitrogens with one attached hydrogen (secondary N) is 1. The summed E-state index contributed by atoms with van der Waals surface area (Å²) in [5, 5.41) is 4.31. The molecule has 0 aliphatic rings. The summed E-state index contributed by atoms with van der Waals surface area (Å²) in [6.07, 6.45) is 1.54. The van der Waals surface area contributed by atoms with Crippen LogP contribution in [0.3, 0.4) is 0 Å². The molecule has 4 rings (SSSR count). The van der Waals surface area contributed by atoms with Gasteiger partial charge in [-0.25, -0.2) is 9.97 Å². The molecule has 1 amide bonds. The van der Waals surface area contributed by atoms with Crippen LogP contribution in [0.2, 0.25) is 0 Å². The van der Waals surface area contributed by atoms with Gasteiger partial charge in [-0.2, -0.15) is 0 Å². The number of carbonyl (C=O) groups is 1. The van der Waals surface area contributed by atoms with Crippen molar-refractivity contribution in [2.75, 3.05) is 16.8 Å².